The third kappa shape index (κ3) is 2.94. The average molecular weight is 200 g/mol. The molecule has 2 unspecified atom stereocenters. The smallest absolute Gasteiger partial charge is 0.0602 e. The summed E-state index contributed by atoms with van der Waals surface area (Å²) in [7, 11) is 0. The molecular weight excluding hydrogens is 176 g/mol. The van der Waals surface area contributed by atoms with Gasteiger partial charge in [0.25, 0.3) is 0 Å². The van der Waals surface area contributed by atoms with Gasteiger partial charge in [-0.2, -0.15) is 0 Å². The van der Waals surface area contributed by atoms with E-state index in [0.29, 0.717) is 6.04 Å². The molecule has 1 aliphatic rings. The van der Waals surface area contributed by atoms with Crippen LogP contribution in [0.1, 0.15) is 39.5 Å². The van der Waals surface area contributed by atoms with Crippen molar-refractivity contribution in [1.29, 1.82) is 0 Å². The third-order valence-corrected chi connectivity index (χ3v) is 3.11. The maximum atomic E-state index is 9.38. The molecule has 84 valence electrons. The first-order valence-electron chi connectivity index (χ1n) is 5.86. The molecule has 0 radical (unpaired) electrons. The number of nitrogens with two attached hydrogens (primary N) is 1. The molecule has 3 nitrogen and oxygen atoms in total. The molecule has 0 heterocycles. The molecule has 1 aliphatic carbocycles. The maximum Gasteiger partial charge on any atom is 0.0602 e. The first kappa shape index (κ1) is 12.0. The van der Waals surface area contributed by atoms with Crippen LogP contribution in [0.3, 0.4) is 0 Å². The lowest BCUT2D eigenvalue weighted by Crippen LogP contribution is -2.50. The highest BCUT2D eigenvalue weighted by Crippen LogP contribution is 2.29. The van der Waals surface area contributed by atoms with Gasteiger partial charge in [0.2, 0.25) is 0 Å². The zero-order valence-corrected chi connectivity index (χ0v) is 9.45. The van der Waals surface area contributed by atoms with Crippen molar-refractivity contribution >= 4 is 0 Å². The monoisotopic (exact) mass is 200 g/mol. The Kier molecular flexibility index (Phi) is 4.85. The van der Waals surface area contributed by atoms with Crippen molar-refractivity contribution in [3.05, 3.63) is 0 Å². The standard InChI is InChI=1S/C11H24N2O/c1-3-5-10(12)11(8-14)13(4-2)9-6-7-9/h9-11,14H,3-8,12H2,1-2H3. The fourth-order valence-corrected chi connectivity index (χ4v) is 2.18. The second-order valence-corrected chi connectivity index (χ2v) is 4.26. The zero-order valence-electron chi connectivity index (χ0n) is 9.45. The second-order valence-electron chi connectivity index (χ2n) is 4.26. The van der Waals surface area contributed by atoms with E-state index in [9.17, 15) is 5.11 Å². The summed E-state index contributed by atoms with van der Waals surface area (Å²) in [5.74, 6) is 0. The van der Waals surface area contributed by atoms with Crippen molar-refractivity contribution in [2.45, 2.75) is 57.7 Å². The molecule has 0 aliphatic heterocycles. The Labute approximate surface area is 87.3 Å². The van der Waals surface area contributed by atoms with Gasteiger partial charge in [0.1, 0.15) is 0 Å². The highest BCUT2D eigenvalue weighted by atomic mass is 16.3. The SMILES string of the molecule is CCCC(N)C(CO)N(CC)C1CC1. The molecule has 0 amide bonds. The highest BCUT2D eigenvalue weighted by Gasteiger charge is 2.34. The van der Waals surface area contributed by atoms with Gasteiger partial charge in [-0.05, 0) is 25.8 Å². The van der Waals surface area contributed by atoms with Crippen molar-refractivity contribution < 1.29 is 5.11 Å². The summed E-state index contributed by atoms with van der Waals surface area (Å²) in [6.45, 7) is 5.50. The lowest BCUT2D eigenvalue weighted by atomic mass is 10.0. The first-order valence-corrected chi connectivity index (χ1v) is 5.86. The Morgan fingerprint density at radius 1 is 1.43 bits per heavy atom. The van der Waals surface area contributed by atoms with Crippen LogP contribution in [0.15, 0.2) is 0 Å². The fourth-order valence-electron chi connectivity index (χ4n) is 2.18. The molecule has 14 heavy (non-hydrogen) atoms. The second kappa shape index (κ2) is 5.69. The van der Waals surface area contributed by atoms with E-state index >= 15 is 0 Å². The minimum atomic E-state index is 0.130. The van der Waals surface area contributed by atoms with Gasteiger partial charge in [-0.25, -0.2) is 0 Å². The summed E-state index contributed by atoms with van der Waals surface area (Å²) >= 11 is 0. The number of rotatable bonds is 7. The van der Waals surface area contributed by atoms with Gasteiger partial charge in [-0.15, -0.1) is 0 Å². The van der Waals surface area contributed by atoms with Crippen LogP contribution in [-0.4, -0.2) is 41.3 Å². The van der Waals surface area contributed by atoms with Crippen LogP contribution in [0.5, 0.6) is 0 Å². The van der Waals surface area contributed by atoms with Gasteiger partial charge in [0.05, 0.1) is 6.61 Å². The van der Waals surface area contributed by atoms with Crippen LogP contribution in [0.2, 0.25) is 0 Å². The molecule has 1 fully saturated rings. The molecule has 0 saturated heterocycles. The summed E-state index contributed by atoms with van der Waals surface area (Å²) in [5, 5.41) is 9.38. The van der Waals surface area contributed by atoms with E-state index < -0.39 is 0 Å². The molecule has 0 spiro atoms. The number of hydrogen-bond donors (Lipinski definition) is 2. The van der Waals surface area contributed by atoms with E-state index in [1.165, 1.54) is 12.8 Å². The van der Waals surface area contributed by atoms with Crippen LogP contribution in [-0.2, 0) is 0 Å². The number of aliphatic hydroxyl groups excluding tert-OH is 1. The average Bonchev–Trinajstić information content (AvgIpc) is 2.97. The number of likely N-dealkylation sites (N-methyl/N-ethyl adjacent to an activating group) is 1. The fraction of sp³-hybridized carbons (Fsp3) is 1.00. The van der Waals surface area contributed by atoms with E-state index in [-0.39, 0.29) is 18.7 Å². The van der Waals surface area contributed by atoms with Crippen LogP contribution in [0, 0.1) is 0 Å². The first-order chi connectivity index (χ1) is 6.74. The van der Waals surface area contributed by atoms with Gasteiger partial charge >= 0.3 is 0 Å². The predicted molar refractivity (Wildman–Crippen MR) is 59.2 cm³/mol. The van der Waals surface area contributed by atoms with Crippen LogP contribution in [0.25, 0.3) is 0 Å². The van der Waals surface area contributed by atoms with Gasteiger partial charge < -0.3 is 10.8 Å². The largest absolute Gasteiger partial charge is 0.395 e. The minimum Gasteiger partial charge on any atom is -0.395 e. The summed E-state index contributed by atoms with van der Waals surface area (Å²) in [4.78, 5) is 2.38. The molecule has 1 saturated carbocycles. The molecule has 2 atom stereocenters. The van der Waals surface area contributed by atoms with Crippen molar-refractivity contribution in [2.24, 2.45) is 5.73 Å². The number of nitrogens with zero attached hydrogens (tertiary/aromatic N) is 1. The van der Waals surface area contributed by atoms with Gasteiger partial charge in [0, 0.05) is 18.1 Å². The molecule has 1 rings (SSSR count). The quantitative estimate of drug-likeness (QED) is 0.643. The van der Waals surface area contributed by atoms with Gasteiger partial charge in [-0.1, -0.05) is 20.3 Å². The summed E-state index contributed by atoms with van der Waals surface area (Å²) in [6, 6.07) is 0.998. The van der Waals surface area contributed by atoms with Crippen molar-refractivity contribution in [2.75, 3.05) is 13.2 Å². The topological polar surface area (TPSA) is 49.5 Å². The number of hydrogen-bond acceptors (Lipinski definition) is 3. The Hall–Kier alpha value is -0.120. The summed E-state index contributed by atoms with van der Waals surface area (Å²) < 4.78 is 0. The number of aliphatic hydroxyl groups is 1. The summed E-state index contributed by atoms with van der Waals surface area (Å²) in [6.07, 6.45) is 4.67. The normalized spacial score (nSPS) is 21.2. The van der Waals surface area contributed by atoms with Crippen molar-refractivity contribution in [3.63, 3.8) is 0 Å². The Balaban J connectivity index is 2.48. The molecule has 3 heteroatoms. The lowest BCUT2D eigenvalue weighted by Gasteiger charge is -2.33. The van der Waals surface area contributed by atoms with Crippen LogP contribution >= 0.6 is 0 Å². The molecule has 0 aromatic heterocycles. The van der Waals surface area contributed by atoms with Crippen molar-refractivity contribution in [3.8, 4) is 0 Å². The molecule has 0 bridgehead atoms. The van der Waals surface area contributed by atoms with Gasteiger partial charge in [-0.3, -0.25) is 4.90 Å². The van der Waals surface area contributed by atoms with E-state index in [1.807, 2.05) is 0 Å². The summed E-state index contributed by atoms with van der Waals surface area (Å²) in [5.41, 5.74) is 6.08. The van der Waals surface area contributed by atoms with Crippen molar-refractivity contribution in [1.82, 2.24) is 4.90 Å². The third-order valence-electron chi connectivity index (χ3n) is 3.11. The Bertz CT molecular complexity index is 159. The Morgan fingerprint density at radius 3 is 2.43 bits per heavy atom. The predicted octanol–water partition coefficient (Wildman–Crippen LogP) is 0.959. The maximum absolute atomic E-state index is 9.38. The van der Waals surface area contributed by atoms with E-state index in [1.54, 1.807) is 0 Å². The molecule has 0 aromatic rings. The molecule has 0 aromatic carbocycles. The van der Waals surface area contributed by atoms with Crippen LogP contribution in [0.4, 0.5) is 0 Å². The van der Waals surface area contributed by atoms with E-state index in [4.69, 9.17) is 5.73 Å². The zero-order chi connectivity index (χ0) is 10.6. The van der Waals surface area contributed by atoms with Gasteiger partial charge in [0.15, 0.2) is 0 Å². The molecule has 3 N–H and O–H groups in total. The van der Waals surface area contributed by atoms with Crippen LogP contribution < -0.4 is 5.73 Å². The minimum absolute atomic E-state index is 0.130. The van der Waals surface area contributed by atoms with E-state index in [2.05, 4.69) is 18.7 Å². The highest BCUT2D eigenvalue weighted by molar-refractivity contribution is 4.91. The molecular formula is C11H24N2O. The van der Waals surface area contributed by atoms with E-state index in [0.717, 1.165) is 19.4 Å². The lowest BCUT2D eigenvalue weighted by molar-refractivity contribution is 0.0992. The Morgan fingerprint density at radius 2 is 2.07 bits per heavy atom.